The van der Waals surface area contributed by atoms with Gasteiger partial charge in [-0.3, -0.25) is 9.59 Å². The molecular formula is C22H21N5O2. The second-order valence-electron chi connectivity index (χ2n) is 7.07. The van der Waals surface area contributed by atoms with Crippen molar-refractivity contribution in [2.24, 2.45) is 0 Å². The molecule has 2 aromatic heterocycles. The van der Waals surface area contributed by atoms with Crippen LogP contribution in [-0.2, 0) is 11.3 Å². The number of rotatable bonds is 4. The van der Waals surface area contributed by atoms with Crippen LogP contribution >= 0.6 is 0 Å². The first-order chi connectivity index (χ1) is 13.9. The fourth-order valence-electron chi connectivity index (χ4n) is 3.17. The summed E-state index contributed by atoms with van der Waals surface area (Å²) in [6.07, 6.45) is 0. The monoisotopic (exact) mass is 387 g/mol. The maximum atomic E-state index is 12.7. The first-order valence-electron chi connectivity index (χ1n) is 9.32. The smallest absolute Gasteiger partial charge is 0.275 e. The predicted molar refractivity (Wildman–Crippen MR) is 112 cm³/mol. The number of nitrogens with zero attached hydrogens (tertiary/aromatic N) is 4. The van der Waals surface area contributed by atoms with E-state index in [1.54, 1.807) is 11.5 Å². The molecule has 0 aliphatic carbocycles. The van der Waals surface area contributed by atoms with Crippen LogP contribution in [0.5, 0.6) is 0 Å². The highest BCUT2D eigenvalue weighted by atomic mass is 16.2. The second kappa shape index (κ2) is 7.35. The number of aromatic nitrogens is 4. The van der Waals surface area contributed by atoms with Crippen LogP contribution in [0.1, 0.15) is 16.8 Å². The molecule has 0 saturated heterocycles. The van der Waals surface area contributed by atoms with Crippen LogP contribution in [0.4, 0.5) is 5.69 Å². The molecule has 29 heavy (non-hydrogen) atoms. The van der Waals surface area contributed by atoms with Crippen LogP contribution in [0.3, 0.4) is 0 Å². The fraction of sp³-hybridized carbons (Fsp3) is 0.182. The molecule has 1 amide bonds. The number of aryl methyl sites for hydroxylation is 3. The molecule has 0 aliphatic rings. The summed E-state index contributed by atoms with van der Waals surface area (Å²) in [5.74, 6) is 0.576. The van der Waals surface area contributed by atoms with E-state index in [-0.39, 0.29) is 18.0 Å². The van der Waals surface area contributed by atoms with Gasteiger partial charge in [0, 0.05) is 23.0 Å². The van der Waals surface area contributed by atoms with E-state index in [4.69, 9.17) is 0 Å². The van der Waals surface area contributed by atoms with Crippen molar-refractivity contribution in [2.75, 3.05) is 5.32 Å². The minimum atomic E-state index is -0.280. The Balaban J connectivity index is 1.69. The van der Waals surface area contributed by atoms with Gasteiger partial charge in [0.25, 0.3) is 5.56 Å². The first kappa shape index (κ1) is 18.6. The van der Waals surface area contributed by atoms with Crippen LogP contribution in [0, 0.1) is 20.8 Å². The number of amides is 1. The largest absolute Gasteiger partial charge is 0.325 e. The van der Waals surface area contributed by atoms with Gasteiger partial charge in [-0.05, 0) is 44.0 Å². The predicted octanol–water partition coefficient (Wildman–Crippen LogP) is 3.12. The van der Waals surface area contributed by atoms with Crippen LogP contribution in [0.25, 0.3) is 17.2 Å². The molecule has 2 aromatic carbocycles. The minimum Gasteiger partial charge on any atom is -0.325 e. The maximum Gasteiger partial charge on any atom is 0.275 e. The minimum absolute atomic E-state index is 0.0233. The van der Waals surface area contributed by atoms with Gasteiger partial charge in [0.05, 0.1) is 0 Å². The Hall–Kier alpha value is -3.74. The highest BCUT2D eigenvalue weighted by molar-refractivity contribution is 5.91. The van der Waals surface area contributed by atoms with E-state index in [1.165, 1.54) is 10.6 Å². The van der Waals surface area contributed by atoms with Crippen LogP contribution in [0.15, 0.2) is 59.4 Å². The van der Waals surface area contributed by atoms with Crippen molar-refractivity contribution in [3.05, 3.63) is 81.8 Å². The van der Waals surface area contributed by atoms with Gasteiger partial charge in [-0.2, -0.15) is 9.50 Å². The summed E-state index contributed by atoms with van der Waals surface area (Å²) in [5.41, 5.74) is 4.17. The third kappa shape index (κ3) is 3.67. The first-order valence-corrected chi connectivity index (χ1v) is 9.32. The average Bonchev–Trinajstić information content (AvgIpc) is 3.15. The molecular weight excluding hydrogens is 366 g/mol. The zero-order valence-corrected chi connectivity index (χ0v) is 16.5. The molecule has 0 bridgehead atoms. The van der Waals surface area contributed by atoms with Crippen molar-refractivity contribution >= 4 is 17.4 Å². The standard InChI is InChI=1S/C22H21N5O2/c1-14-9-10-18(11-15(14)2)23-19(28)13-26-16(3)12-20(29)27-22(26)24-21(25-27)17-7-5-4-6-8-17/h4-12H,13H2,1-3H3,(H,23,28). The zero-order chi connectivity index (χ0) is 20.5. The molecule has 7 nitrogen and oxygen atoms in total. The van der Waals surface area contributed by atoms with Gasteiger partial charge in [0.1, 0.15) is 6.54 Å². The lowest BCUT2D eigenvalue weighted by molar-refractivity contribution is -0.116. The van der Waals surface area contributed by atoms with Crippen LogP contribution < -0.4 is 10.9 Å². The molecule has 0 spiro atoms. The Kier molecular flexibility index (Phi) is 4.72. The third-order valence-corrected chi connectivity index (χ3v) is 4.92. The van der Waals surface area contributed by atoms with E-state index >= 15 is 0 Å². The summed E-state index contributed by atoms with van der Waals surface area (Å²) in [6, 6.07) is 16.7. The molecule has 0 unspecified atom stereocenters. The normalized spacial score (nSPS) is 11.0. The van der Waals surface area contributed by atoms with Gasteiger partial charge in [0.2, 0.25) is 11.7 Å². The lowest BCUT2D eigenvalue weighted by Crippen LogP contribution is -2.25. The summed E-state index contributed by atoms with van der Waals surface area (Å²) in [5, 5.41) is 7.25. The highest BCUT2D eigenvalue weighted by Crippen LogP contribution is 2.17. The summed E-state index contributed by atoms with van der Waals surface area (Å²) in [7, 11) is 0. The Labute approximate surface area is 167 Å². The van der Waals surface area contributed by atoms with Crippen molar-refractivity contribution in [3.8, 4) is 11.4 Å². The quantitative estimate of drug-likeness (QED) is 0.583. The Bertz CT molecular complexity index is 1270. The zero-order valence-electron chi connectivity index (χ0n) is 16.5. The average molecular weight is 387 g/mol. The SMILES string of the molecule is Cc1ccc(NC(=O)Cn2c(C)cc(=O)n3nc(-c4ccccc4)nc23)cc1C. The van der Waals surface area contributed by atoms with E-state index in [2.05, 4.69) is 15.4 Å². The van der Waals surface area contributed by atoms with Crippen molar-refractivity contribution in [1.29, 1.82) is 0 Å². The van der Waals surface area contributed by atoms with E-state index in [0.717, 1.165) is 22.4 Å². The lowest BCUT2D eigenvalue weighted by Gasteiger charge is -2.12. The Morgan fingerprint density at radius 3 is 2.48 bits per heavy atom. The highest BCUT2D eigenvalue weighted by Gasteiger charge is 2.15. The molecule has 0 aliphatic heterocycles. The van der Waals surface area contributed by atoms with Crippen LogP contribution in [0.2, 0.25) is 0 Å². The number of hydrogen-bond donors (Lipinski definition) is 1. The van der Waals surface area contributed by atoms with Crippen molar-refractivity contribution in [3.63, 3.8) is 0 Å². The van der Waals surface area contributed by atoms with Crippen LogP contribution in [-0.4, -0.2) is 25.1 Å². The number of anilines is 1. The van der Waals surface area contributed by atoms with Gasteiger partial charge in [-0.15, -0.1) is 5.10 Å². The maximum absolute atomic E-state index is 12.7. The number of hydrogen-bond acceptors (Lipinski definition) is 4. The molecule has 2 heterocycles. The van der Waals surface area contributed by atoms with E-state index in [9.17, 15) is 9.59 Å². The Morgan fingerprint density at radius 2 is 1.76 bits per heavy atom. The topological polar surface area (TPSA) is 81.3 Å². The molecule has 0 radical (unpaired) electrons. The van der Waals surface area contributed by atoms with Gasteiger partial charge in [-0.1, -0.05) is 36.4 Å². The summed E-state index contributed by atoms with van der Waals surface area (Å²) < 4.78 is 2.93. The lowest BCUT2D eigenvalue weighted by atomic mass is 10.1. The molecule has 4 rings (SSSR count). The summed E-state index contributed by atoms with van der Waals surface area (Å²) in [4.78, 5) is 29.6. The molecule has 146 valence electrons. The number of carbonyl (C=O) groups is 1. The summed E-state index contributed by atoms with van der Waals surface area (Å²) in [6.45, 7) is 5.83. The van der Waals surface area contributed by atoms with Gasteiger partial charge >= 0.3 is 0 Å². The second-order valence-corrected chi connectivity index (χ2v) is 7.07. The molecule has 0 saturated carbocycles. The molecule has 0 atom stereocenters. The van der Waals surface area contributed by atoms with E-state index < -0.39 is 0 Å². The van der Waals surface area contributed by atoms with E-state index in [1.807, 2.05) is 62.4 Å². The summed E-state index contributed by atoms with van der Waals surface area (Å²) >= 11 is 0. The molecule has 7 heteroatoms. The molecule has 1 N–H and O–H groups in total. The molecule has 4 aromatic rings. The number of fused-ring (bicyclic) bond motifs is 1. The van der Waals surface area contributed by atoms with Crippen molar-refractivity contribution < 1.29 is 4.79 Å². The van der Waals surface area contributed by atoms with Crippen molar-refractivity contribution in [1.82, 2.24) is 19.2 Å². The van der Waals surface area contributed by atoms with Crippen molar-refractivity contribution in [2.45, 2.75) is 27.3 Å². The van der Waals surface area contributed by atoms with Gasteiger partial charge in [-0.25, -0.2) is 0 Å². The fourth-order valence-corrected chi connectivity index (χ4v) is 3.17. The number of benzene rings is 2. The Morgan fingerprint density at radius 1 is 1.00 bits per heavy atom. The number of carbonyl (C=O) groups excluding carboxylic acids is 1. The van der Waals surface area contributed by atoms with Gasteiger partial charge in [0.15, 0.2) is 5.82 Å². The third-order valence-electron chi connectivity index (χ3n) is 4.92. The van der Waals surface area contributed by atoms with Gasteiger partial charge < -0.3 is 9.88 Å². The molecule has 0 fully saturated rings. The van der Waals surface area contributed by atoms with E-state index in [0.29, 0.717) is 17.3 Å². The number of nitrogens with one attached hydrogen (secondary N) is 1.